The van der Waals surface area contributed by atoms with E-state index in [1.165, 1.54) is 18.2 Å². The Morgan fingerprint density at radius 3 is 2.07 bits per heavy atom. The molecule has 3 aromatic rings. The molecule has 160 valence electrons. The first-order valence-corrected chi connectivity index (χ1v) is 9.70. The fourth-order valence-corrected chi connectivity index (χ4v) is 4.07. The summed E-state index contributed by atoms with van der Waals surface area (Å²) >= 11 is 17.5. The van der Waals surface area contributed by atoms with Crippen LogP contribution >= 0.6 is 46.6 Å². The first-order chi connectivity index (χ1) is 13.8. The van der Waals surface area contributed by atoms with E-state index in [2.05, 4.69) is 5.10 Å². The first kappa shape index (κ1) is 22.9. The molecular formula is C17H8Cl3F6N3S. The number of hydrogen-bond acceptors (Lipinski definition) is 3. The smallest absolute Gasteiger partial charge is 0.383 e. The molecule has 13 heteroatoms. The first-order valence-electron chi connectivity index (χ1n) is 7.75. The Hall–Kier alpha value is -1.75. The van der Waals surface area contributed by atoms with Crippen molar-refractivity contribution < 1.29 is 26.3 Å². The largest absolute Gasteiger partial charge is 0.446 e. The van der Waals surface area contributed by atoms with E-state index in [0.717, 1.165) is 22.9 Å². The van der Waals surface area contributed by atoms with Gasteiger partial charge >= 0.3 is 11.7 Å². The topological polar surface area (TPSA) is 43.8 Å². The number of rotatable bonds is 3. The van der Waals surface area contributed by atoms with E-state index in [1.54, 1.807) is 0 Å². The molecule has 0 radical (unpaired) electrons. The highest BCUT2D eigenvalue weighted by Crippen LogP contribution is 2.46. The van der Waals surface area contributed by atoms with Gasteiger partial charge in [0.25, 0.3) is 0 Å². The minimum atomic E-state index is -4.71. The summed E-state index contributed by atoms with van der Waals surface area (Å²) in [6, 6.07) is 6.77. The van der Waals surface area contributed by atoms with Gasteiger partial charge in [0.2, 0.25) is 0 Å². The minimum absolute atomic E-state index is 0.0183. The van der Waals surface area contributed by atoms with Gasteiger partial charge in [-0.15, -0.1) is 0 Å². The summed E-state index contributed by atoms with van der Waals surface area (Å²) < 4.78 is 79.1. The Balaban J connectivity index is 2.30. The Morgan fingerprint density at radius 2 is 1.53 bits per heavy atom. The average molecular weight is 507 g/mol. The quantitative estimate of drug-likeness (QED) is 0.292. The van der Waals surface area contributed by atoms with Gasteiger partial charge in [0.1, 0.15) is 5.82 Å². The molecule has 0 atom stereocenters. The number of alkyl halides is 6. The lowest BCUT2D eigenvalue weighted by molar-refractivity contribution is -0.137. The predicted octanol–water partition coefficient (Wildman–Crippen LogP) is 7.71. The van der Waals surface area contributed by atoms with Crippen LogP contribution in [0, 0.1) is 0 Å². The summed E-state index contributed by atoms with van der Waals surface area (Å²) in [5.41, 5.74) is -0.148. The fraction of sp³-hybridized carbons (Fsp3) is 0.118. The number of anilines is 1. The normalized spacial score (nSPS) is 12.4. The van der Waals surface area contributed by atoms with E-state index >= 15 is 0 Å². The number of thioether (sulfide) groups is 1. The van der Waals surface area contributed by atoms with Crippen molar-refractivity contribution in [2.24, 2.45) is 0 Å². The van der Waals surface area contributed by atoms with Gasteiger partial charge in [-0.1, -0.05) is 40.9 Å². The van der Waals surface area contributed by atoms with Gasteiger partial charge in [0.15, 0.2) is 5.15 Å². The van der Waals surface area contributed by atoms with Crippen LogP contribution in [-0.2, 0) is 6.18 Å². The number of nitrogens with zero attached hydrogens (tertiary/aromatic N) is 2. The maximum absolute atomic E-state index is 13.3. The highest BCUT2D eigenvalue weighted by atomic mass is 35.5. The Morgan fingerprint density at radius 1 is 0.933 bits per heavy atom. The second kappa shape index (κ2) is 8.07. The maximum atomic E-state index is 13.3. The number of hydrogen-bond donors (Lipinski definition) is 1. The second-order valence-corrected chi connectivity index (χ2v) is 8.04. The molecule has 0 amide bonds. The van der Waals surface area contributed by atoms with Crippen LogP contribution < -0.4 is 5.73 Å². The van der Waals surface area contributed by atoms with Gasteiger partial charge in [0.05, 0.1) is 16.1 Å². The number of aromatic nitrogens is 2. The molecule has 0 aliphatic heterocycles. The standard InChI is InChI=1S/C17H8Cl3F6N3S/c18-9-2-1-3-10(19)12(9)8-6-7(16(21,22)23)4-5-11(8)29-15(27)13(14(20)28-29)30-17(24,25)26/h1-6H,27H2. The molecule has 0 saturated carbocycles. The highest BCUT2D eigenvalue weighted by molar-refractivity contribution is 8.00. The van der Waals surface area contributed by atoms with Crippen LogP contribution in [0.3, 0.4) is 0 Å². The number of benzene rings is 2. The zero-order chi connectivity index (χ0) is 22.4. The van der Waals surface area contributed by atoms with Crippen molar-refractivity contribution in [3.63, 3.8) is 0 Å². The van der Waals surface area contributed by atoms with Gasteiger partial charge in [-0.25, -0.2) is 4.68 Å². The van der Waals surface area contributed by atoms with Crippen molar-refractivity contribution in [1.82, 2.24) is 9.78 Å². The molecule has 1 aromatic heterocycles. The van der Waals surface area contributed by atoms with Gasteiger partial charge in [0, 0.05) is 21.2 Å². The number of nitrogen functional groups attached to an aromatic ring is 1. The molecule has 2 aromatic carbocycles. The molecule has 0 bridgehead atoms. The van der Waals surface area contributed by atoms with E-state index in [4.69, 9.17) is 40.5 Å². The molecule has 0 fully saturated rings. The van der Waals surface area contributed by atoms with Crippen molar-refractivity contribution in [3.05, 3.63) is 57.2 Å². The summed E-state index contributed by atoms with van der Waals surface area (Å²) in [5.74, 6) is -0.508. The molecule has 0 aliphatic rings. The number of nitrogens with two attached hydrogens (primary N) is 1. The molecule has 0 saturated heterocycles. The van der Waals surface area contributed by atoms with Crippen LogP contribution in [0.1, 0.15) is 5.56 Å². The molecule has 3 rings (SSSR count). The van der Waals surface area contributed by atoms with Crippen LogP contribution in [0.25, 0.3) is 16.8 Å². The third kappa shape index (κ3) is 4.61. The fourth-order valence-electron chi connectivity index (χ4n) is 2.64. The summed E-state index contributed by atoms with van der Waals surface area (Å²) in [6.45, 7) is 0. The van der Waals surface area contributed by atoms with E-state index < -0.39 is 44.9 Å². The van der Waals surface area contributed by atoms with Crippen LogP contribution in [0.5, 0.6) is 0 Å². The SMILES string of the molecule is Nc1c(SC(F)(F)F)c(Cl)nn1-c1ccc(C(F)(F)F)cc1-c1c(Cl)cccc1Cl. The van der Waals surface area contributed by atoms with Gasteiger partial charge in [-0.2, -0.15) is 31.4 Å². The zero-order valence-electron chi connectivity index (χ0n) is 14.2. The monoisotopic (exact) mass is 505 g/mol. The van der Waals surface area contributed by atoms with Crippen molar-refractivity contribution in [3.8, 4) is 16.8 Å². The molecular weight excluding hydrogens is 499 g/mol. The van der Waals surface area contributed by atoms with Crippen molar-refractivity contribution >= 4 is 52.4 Å². The minimum Gasteiger partial charge on any atom is -0.383 e. The molecule has 3 nitrogen and oxygen atoms in total. The number of halogens is 9. The Kier molecular flexibility index (Phi) is 6.16. The van der Waals surface area contributed by atoms with Crippen LogP contribution in [0.15, 0.2) is 41.3 Å². The molecule has 0 aliphatic carbocycles. The van der Waals surface area contributed by atoms with Gasteiger partial charge in [-0.05, 0) is 42.1 Å². The van der Waals surface area contributed by atoms with Crippen molar-refractivity contribution in [2.45, 2.75) is 16.6 Å². The molecule has 30 heavy (non-hydrogen) atoms. The Bertz CT molecular complexity index is 1090. The lowest BCUT2D eigenvalue weighted by Gasteiger charge is -2.17. The third-order valence-corrected chi connectivity index (χ3v) is 5.68. The van der Waals surface area contributed by atoms with Crippen molar-refractivity contribution in [1.29, 1.82) is 0 Å². The van der Waals surface area contributed by atoms with E-state index in [-0.39, 0.29) is 26.9 Å². The van der Waals surface area contributed by atoms with Crippen LogP contribution in [0.2, 0.25) is 15.2 Å². The second-order valence-electron chi connectivity index (χ2n) is 5.79. The molecule has 2 N–H and O–H groups in total. The Labute approximate surface area is 184 Å². The van der Waals surface area contributed by atoms with Gasteiger partial charge in [-0.3, -0.25) is 0 Å². The lowest BCUT2D eigenvalue weighted by Crippen LogP contribution is -2.09. The summed E-state index contributed by atoms with van der Waals surface area (Å²) in [5, 5.41) is 3.24. The lowest BCUT2D eigenvalue weighted by atomic mass is 10.00. The van der Waals surface area contributed by atoms with Crippen LogP contribution in [-0.4, -0.2) is 15.3 Å². The van der Waals surface area contributed by atoms with Crippen molar-refractivity contribution in [2.75, 3.05) is 5.73 Å². The van der Waals surface area contributed by atoms with Crippen LogP contribution in [0.4, 0.5) is 32.2 Å². The van der Waals surface area contributed by atoms with E-state index in [9.17, 15) is 26.3 Å². The summed E-state index contributed by atoms with van der Waals surface area (Å²) in [7, 11) is 0. The molecule has 0 spiro atoms. The maximum Gasteiger partial charge on any atom is 0.446 e. The zero-order valence-corrected chi connectivity index (χ0v) is 17.3. The predicted molar refractivity (Wildman–Crippen MR) is 105 cm³/mol. The van der Waals surface area contributed by atoms with E-state index in [0.29, 0.717) is 0 Å². The van der Waals surface area contributed by atoms with Gasteiger partial charge < -0.3 is 5.73 Å². The average Bonchev–Trinajstić information content (AvgIpc) is 2.87. The highest BCUT2D eigenvalue weighted by Gasteiger charge is 2.35. The molecule has 0 unspecified atom stereocenters. The summed E-state index contributed by atoms with van der Waals surface area (Å²) in [4.78, 5) is -0.583. The van der Waals surface area contributed by atoms with E-state index in [1.807, 2.05) is 0 Å². The summed E-state index contributed by atoms with van der Waals surface area (Å²) in [6.07, 6.45) is -4.70. The molecule has 1 heterocycles. The third-order valence-electron chi connectivity index (χ3n) is 3.84.